The molecule has 0 bridgehead atoms. The molecule has 1 fully saturated rings. The van der Waals surface area contributed by atoms with Crippen LogP contribution in [0, 0.1) is 11.3 Å². The molecule has 0 aromatic carbocycles. The van der Waals surface area contributed by atoms with Gasteiger partial charge in [-0.05, 0) is 44.4 Å². The van der Waals surface area contributed by atoms with Gasteiger partial charge in [-0.25, -0.2) is 0 Å². The van der Waals surface area contributed by atoms with Crippen molar-refractivity contribution in [2.45, 2.75) is 78.9 Å². The Balaban J connectivity index is 2.30. The predicted molar refractivity (Wildman–Crippen MR) is 77.0 cm³/mol. The molecule has 0 aliphatic heterocycles. The van der Waals surface area contributed by atoms with E-state index in [9.17, 15) is 4.79 Å². The van der Waals surface area contributed by atoms with Gasteiger partial charge in [-0.2, -0.15) is 0 Å². The van der Waals surface area contributed by atoms with E-state index in [0.29, 0.717) is 24.4 Å². The van der Waals surface area contributed by atoms with Crippen LogP contribution in [-0.4, -0.2) is 24.8 Å². The molecule has 0 aromatic rings. The Kier molecular flexibility index (Phi) is 6.31. The molecule has 0 N–H and O–H groups in total. The highest BCUT2D eigenvalue weighted by Crippen LogP contribution is 2.40. The van der Waals surface area contributed by atoms with Gasteiger partial charge in [0, 0.05) is 6.42 Å². The lowest BCUT2D eigenvalue weighted by Gasteiger charge is -2.38. The summed E-state index contributed by atoms with van der Waals surface area (Å²) in [6, 6.07) is 0. The standard InChI is InChI=1S/C16H30O3/c1-6-15(17)19-12(2)11-18-13(3)14-8-7-9-16(4,5)10-14/h12-14H,6-11H2,1-5H3. The molecule has 0 radical (unpaired) electrons. The van der Waals surface area contributed by atoms with Gasteiger partial charge in [-0.1, -0.05) is 27.2 Å². The lowest BCUT2D eigenvalue weighted by molar-refractivity contribution is -0.152. The predicted octanol–water partition coefficient (Wildman–Crippen LogP) is 3.95. The first-order valence-corrected chi connectivity index (χ1v) is 7.65. The Morgan fingerprint density at radius 3 is 2.63 bits per heavy atom. The zero-order valence-electron chi connectivity index (χ0n) is 13.2. The van der Waals surface area contributed by atoms with E-state index >= 15 is 0 Å². The van der Waals surface area contributed by atoms with E-state index in [4.69, 9.17) is 9.47 Å². The van der Waals surface area contributed by atoms with Gasteiger partial charge in [0.1, 0.15) is 6.10 Å². The van der Waals surface area contributed by atoms with Crippen molar-refractivity contribution < 1.29 is 14.3 Å². The molecular weight excluding hydrogens is 240 g/mol. The Hall–Kier alpha value is -0.570. The molecule has 3 atom stereocenters. The zero-order chi connectivity index (χ0) is 14.5. The number of carbonyl (C=O) groups is 1. The Morgan fingerprint density at radius 2 is 2.05 bits per heavy atom. The quantitative estimate of drug-likeness (QED) is 0.686. The SMILES string of the molecule is CCC(=O)OC(C)COC(C)C1CCCC(C)(C)C1. The average molecular weight is 270 g/mol. The van der Waals surface area contributed by atoms with Crippen molar-refractivity contribution >= 4 is 5.97 Å². The minimum absolute atomic E-state index is 0.147. The minimum Gasteiger partial charge on any atom is -0.460 e. The molecule has 0 aromatic heterocycles. The van der Waals surface area contributed by atoms with Crippen LogP contribution in [0.5, 0.6) is 0 Å². The summed E-state index contributed by atoms with van der Waals surface area (Å²) in [4.78, 5) is 11.2. The molecule has 19 heavy (non-hydrogen) atoms. The fourth-order valence-corrected chi connectivity index (χ4v) is 2.92. The summed E-state index contributed by atoms with van der Waals surface area (Å²) in [7, 11) is 0. The van der Waals surface area contributed by atoms with Crippen LogP contribution in [-0.2, 0) is 14.3 Å². The maximum absolute atomic E-state index is 11.2. The number of esters is 1. The van der Waals surface area contributed by atoms with Crippen LogP contribution in [0.4, 0.5) is 0 Å². The summed E-state index contributed by atoms with van der Waals surface area (Å²) in [6.07, 6.45) is 5.64. The van der Waals surface area contributed by atoms with Gasteiger partial charge in [0.15, 0.2) is 0 Å². The largest absolute Gasteiger partial charge is 0.460 e. The fraction of sp³-hybridized carbons (Fsp3) is 0.938. The van der Waals surface area contributed by atoms with Gasteiger partial charge >= 0.3 is 5.97 Å². The molecule has 1 aliphatic rings. The summed E-state index contributed by atoms with van der Waals surface area (Å²) in [6.45, 7) is 11.0. The summed E-state index contributed by atoms with van der Waals surface area (Å²) in [5.74, 6) is 0.486. The Morgan fingerprint density at radius 1 is 1.37 bits per heavy atom. The maximum Gasteiger partial charge on any atom is 0.305 e. The van der Waals surface area contributed by atoms with Crippen molar-refractivity contribution in [1.29, 1.82) is 0 Å². The second-order valence-electron chi connectivity index (χ2n) is 6.71. The number of ether oxygens (including phenoxy) is 2. The Bertz CT molecular complexity index is 286. The molecule has 112 valence electrons. The van der Waals surface area contributed by atoms with Crippen molar-refractivity contribution in [3.63, 3.8) is 0 Å². The second kappa shape index (κ2) is 7.28. The second-order valence-corrected chi connectivity index (χ2v) is 6.71. The summed E-state index contributed by atoms with van der Waals surface area (Å²) in [5, 5.41) is 0. The third-order valence-electron chi connectivity index (χ3n) is 4.12. The monoisotopic (exact) mass is 270 g/mol. The average Bonchev–Trinajstić information content (AvgIpc) is 2.34. The van der Waals surface area contributed by atoms with Gasteiger partial charge in [0.25, 0.3) is 0 Å². The highest BCUT2D eigenvalue weighted by atomic mass is 16.6. The van der Waals surface area contributed by atoms with Gasteiger partial charge in [0.05, 0.1) is 12.7 Å². The van der Waals surface area contributed by atoms with Crippen molar-refractivity contribution in [2.75, 3.05) is 6.61 Å². The fourth-order valence-electron chi connectivity index (χ4n) is 2.92. The van der Waals surface area contributed by atoms with Crippen LogP contribution in [0.2, 0.25) is 0 Å². The highest BCUT2D eigenvalue weighted by molar-refractivity contribution is 5.69. The van der Waals surface area contributed by atoms with E-state index in [1.54, 1.807) is 0 Å². The normalized spacial score (nSPS) is 25.6. The molecule has 1 rings (SSSR count). The molecule has 1 aliphatic carbocycles. The molecular formula is C16H30O3. The topological polar surface area (TPSA) is 35.5 Å². The number of carbonyl (C=O) groups excluding carboxylic acids is 1. The number of hydrogen-bond acceptors (Lipinski definition) is 3. The Labute approximate surface area is 118 Å². The van der Waals surface area contributed by atoms with E-state index in [1.807, 2.05) is 13.8 Å². The van der Waals surface area contributed by atoms with Crippen molar-refractivity contribution in [2.24, 2.45) is 11.3 Å². The first-order chi connectivity index (χ1) is 8.84. The van der Waals surface area contributed by atoms with Crippen LogP contribution in [0.25, 0.3) is 0 Å². The van der Waals surface area contributed by atoms with E-state index < -0.39 is 0 Å². The first kappa shape index (κ1) is 16.5. The van der Waals surface area contributed by atoms with Crippen molar-refractivity contribution in [3.05, 3.63) is 0 Å². The van der Waals surface area contributed by atoms with Crippen LogP contribution >= 0.6 is 0 Å². The van der Waals surface area contributed by atoms with E-state index in [1.165, 1.54) is 25.7 Å². The molecule has 1 saturated carbocycles. The third-order valence-corrected chi connectivity index (χ3v) is 4.12. The molecule has 0 amide bonds. The molecule has 3 heteroatoms. The lowest BCUT2D eigenvalue weighted by Crippen LogP contribution is -2.32. The van der Waals surface area contributed by atoms with Crippen LogP contribution in [0.1, 0.15) is 66.7 Å². The molecule has 0 saturated heterocycles. The van der Waals surface area contributed by atoms with Crippen LogP contribution in [0.3, 0.4) is 0 Å². The molecule has 0 heterocycles. The lowest BCUT2D eigenvalue weighted by atomic mass is 9.71. The van der Waals surface area contributed by atoms with Crippen molar-refractivity contribution in [1.82, 2.24) is 0 Å². The van der Waals surface area contributed by atoms with E-state index in [2.05, 4.69) is 20.8 Å². The molecule has 3 nitrogen and oxygen atoms in total. The minimum atomic E-state index is -0.150. The third kappa shape index (κ3) is 5.94. The van der Waals surface area contributed by atoms with E-state index in [-0.39, 0.29) is 18.2 Å². The summed E-state index contributed by atoms with van der Waals surface area (Å²) < 4.78 is 11.1. The van der Waals surface area contributed by atoms with Crippen LogP contribution in [0.15, 0.2) is 0 Å². The zero-order valence-corrected chi connectivity index (χ0v) is 13.2. The van der Waals surface area contributed by atoms with Crippen LogP contribution < -0.4 is 0 Å². The first-order valence-electron chi connectivity index (χ1n) is 7.65. The number of rotatable bonds is 6. The van der Waals surface area contributed by atoms with Gasteiger partial charge < -0.3 is 9.47 Å². The molecule has 0 spiro atoms. The van der Waals surface area contributed by atoms with Gasteiger partial charge in [0.2, 0.25) is 0 Å². The molecule has 3 unspecified atom stereocenters. The van der Waals surface area contributed by atoms with Crippen molar-refractivity contribution in [3.8, 4) is 0 Å². The van der Waals surface area contributed by atoms with Gasteiger partial charge in [-0.15, -0.1) is 0 Å². The summed E-state index contributed by atoms with van der Waals surface area (Å²) in [5.41, 5.74) is 0.445. The smallest absolute Gasteiger partial charge is 0.305 e. The maximum atomic E-state index is 11.2. The summed E-state index contributed by atoms with van der Waals surface area (Å²) >= 11 is 0. The highest BCUT2D eigenvalue weighted by Gasteiger charge is 2.31. The van der Waals surface area contributed by atoms with Gasteiger partial charge in [-0.3, -0.25) is 4.79 Å². The number of hydrogen-bond donors (Lipinski definition) is 0. The van der Waals surface area contributed by atoms with E-state index in [0.717, 1.165) is 0 Å².